The fraction of sp³-hybridized carbons (Fsp3) is 0.250. The molecule has 1 aromatic heterocycles. The third kappa shape index (κ3) is 3.83. The van der Waals surface area contributed by atoms with Gasteiger partial charge < -0.3 is 18.8 Å². The Balaban J connectivity index is 1.82. The maximum Gasteiger partial charge on any atom is 0.236 e. The minimum absolute atomic E-state index is 0.0528. The van der Waals surface area contributed by atoms with Gasteiger partial charge in [-0.05, 0) is 48.5 Å². The third-order valence-electron chi connectivity index (χ3n) is 4.59. The molecule has 4 rings (SSSR count). The molecule has 29 heavy (non-hydrogen) atoms. The number of nitrogens with zero attached hydrogens (tertiary/aromatic N) is 2. The van der Waals surface area contributed by atoms with Gasteiger partial charge in [0.25, 0.3) is 0 Å². The maximum atomic E-state index is 13.3. The number of aromatic nitrogens is 1. The number of hydrogen-bond acceptors (Lipinski definition) is 7. The first-order chi connectivity index (χ1) is 14.0. The molecule has 2 heterocycles. The predicted octanol–water partition coefficient (Wildman–Crippen LogP) is 3.16. The van der Waals surface area contributed by atoms with Gasteiger partial charge in [-0.15, -0.1) is 0 Å². The minimum atomic E-state index is -4.01. The number of ether oxygens (including phenoxy) is 2. The van der Waals surface area contributed by atoms with E-state index in [4.69, 9.17) is 13.9 Å². The highest BCUT2D eigenvalue weighted by molar-refractivity contribution is 7.91. The minimum Gasteiger partial charge on any atom is -0.497 e. The maximum absolute atomic E-state index is 13.3. The van der Waals surface area contributed by atoms with Crippen LogP contribution in [0, 0.1) is 5.82 Å². The van der Waals surface area contributed by atoms with Gasteiger partial charge in [0.05, 0.1) is 25.2 Å². The summed E-state index contributed by atoms with van der Waals surface area (Å²) in [6.07, 6.45) is 0. The van der Waals surface area contributed by atoms with Crippen molar-refractivity contribution in [3.8, 4) is 17.2 Å². The summed E-state index contributed by atoms with van der Waals surface area (Å²) >= 11 is 0. The second kappa shape index (κ2) is 7.84. The number of oxazole rings is 1. The van der Waals surface area contributed by atoms with Crippen molar-refractivity contribution in [2.45, 2.75) is 9.92 Å². The van der Waals surface area contributed by atoms with Crippen LogP contribution in [0.1, 0.15) is 0 Å². The second-order valence-corrected chi connectivity index (χ2v) is 8.28. The van der Waals surface area contributed by atoms with E-state index in [1.807, 2.05) is 0 Å². The van der Waals surface area contributed by atoms with Crippen molar-refractivity contribution >= 4 is 15.7 Å². The first-order valence-corrected chi connectivity index (χ1v) is 10.5. The lowest BCUT2D eigenvalue weighted by Gasteiger charge is -2.26. The molecule has 7 nitrogen and oxygen atoms in total. The largest absolute Gasteiger partial charge is 0.497 e. The molecule has 0 aliphatic carbocycles. The molecule has 1 saturated heterocycles. The molecular weight excluding hydrogens is 399 g/mol. The first kappa shape index (κ1) is 19.4. The Labute approximate surface area is 167 Å². The van der Waals surface area contributed by atoms with E-state index < -0.39 is 15.7 Å². The van der Waals surface area contributed by atoms with Crippen molar-refractivity contribution in [1.82, 2.24) is 4.98 Å². The van der Waals surface area contributed by atoms with Gasteiger partial charge in [0, 0.05) is 18.7 Å². The zero-order chi connectivity index (χ0) is 20.4. The number of halogens is 1. The van der Waals surface area contributed by atoms with Gasteiger partial charge in [0.2, 0.25) is 26.6 Å². The van der Waals surface area contributed by atoms with Crippen molar-refractivity contribution in [2.75, 3.05) is 38.3 Å². The molecule has 0 spiro atoms. The molecule has 1 aliphatic heterocycles. The Bertz CT molecular complexity index is 1090. The summed E-state index contributed by atoms with van der Waals surface area (Å²) in [6.45, 7) is 1.86. The lowest BCUT2D eigenvalue weighted by atomic mass is 10.2. The number of benzene rings is 2. The van der Waals surface area contributed by atoms with Gasteiger partial charge in [-0.25, -0.2) is 12.8 Å². The van der Waals surface area contributed by atoms with Crippen LogP contribution in [0.2, 0.25) is 0 Å². The number of anilines is 1. The average Bonchev–Trinajstić information content (AvgIpc) is 3.21. The summed E-state index contributed by atoms with van der Waals surface area (Å²) in [7, 11) is -2.45. The van der Waals surface area contributed by atoms with Crippen LogP contribution in [0.25, 0.3) is 11.5 Å². The Morgan fingerprint density at radius 2 is 1.69 bits per heavy atom. The van der Waals surface area contributed by atoms with Crippen LogP contribution in [-0.2, 0) is 14.6 Å². The SMILES string of the molecule is COc1ccc(-c2nc(S(=O)(=O)c3ccc(F)cc3)c(N3CCOCC3)o2)cc1. The zero-order valence-corrected chi connectivity index (χ0v) is 16.5. The van der Waals surface area contributed by atoms with E-state index in [1.165, 1.54) is 12.1 Å². The van der Waals surface area contributed by atoms with E-state index in [2.05, 4.69) is 4.98 Å². The number of hydrogen-bond donors (Lipinski definition) is 0. The van der Waals surface area contributed by atoms with Crippen LogP contribution in [0.3, 0.4) is 0 Å². The Morgan fingerprint density at radius 3 is 2.31 bits per heavy atom. The summed E-state index contributed by atoms with van der Waals surface area (Å²) in [5.74, 6) is 0.475. The molecular formula is C20H19FN2O5S. The number of methoxy groups -OCH3 is 1. The second-order valence-electron chi connectivity index (χ2n) is 6.41. The molecule has 1 aliphatic rings. The predicted molar refractivity (Wildman–Crippen MR) is 103 cm³/mol. The van der Waals surface area contributed by atoms with Crippen LogP contribution in [0.15, 0.2) is 62.9 Å². The summed E-state index contributed by atoms with van der Waals surface area (Å²) in [5.41, 5.74) is 0.612. The molecule has 2 aromatic carbocycles. The normalized spacial score (nSPS) is 14.8. The van der Waals surface area contributed by atoms with Crippen LogP contribution < -0.4 is 9.64 Å². The summed E-state index contributed by atoms with van der Waals surface area (Å²) in [6, 6.07) is 11.6. The number of rotatable bonds is 5. The molecule has 0 unspecified atom stereocenters. The lowest BCUT2D eigenvalue weighted by Crippen LogP contribution is -2.36. The van der Waals surface area contributed by atoms with Crippen molar-refractivity contribution in [3.63, 3.8) is 0 Å². The third-order valence-corrected chi connectivity index (χ3v) is 6.26. The van der Waals surface area contributed by atoms with Crippen LogP contribution in [0.4, 0.5) is 10.3 Å². The van der Waals surface area contributed by atoms with Crippen molar-refractivity contribution < 1.29 is 26.7 Å². The quantitative estimate of drug-likeness (QED) is 0.589. The first-order valence-electron chi connectivity index (χ1n) is 8.97. The van der Waals surface area contributed by atoms with Crippen LogP contribution >= 0.6 is 0 Å². The summed E-state index contributed by atoms with van der Waals surface area (Å²) < 4.78 is 56.1. The molecule has 1 fully saturated rings. The Hall–Kier alpha value is -2.91. The number of sulfone groups is 1. The molecule has 3 aromatic rings. The highest BCUT2D eigenvalue weighted by Gasteiger charge is 2.32. The van der Waals surface area contributed by atoms with Crippen molar-refractivity contribution in [1.29, 1.82) is 0 Å². The molecule has 152 valence electrons. The smallest absolute Gasteiger partial charge is 0.236 e. The van der Waals surface area contributed by atoms with Crippen molar-refractivity contribution in [3.05, 3.63) is 54.3 Å². The summed E-state index contributed by atoms with van der Waals surface area (Å²) in [5, 5.41) is -0.197. The van der Waals surface area contributed by atoms with E-state index >= 15 is 0 Å². The van der Waals surface area contributed by atoms with E-state index in [0.29, 0.717) is 37.6 Å². The van der Waals surface area contributed by atoms with Crippen LogP contribution in [0.5, 0.6) is 5.75 Å². The molecule has 0 radical (unpaired) electrons. The van der Waals surface area contributed by atoms with Gasteiger partial charge in [-0.2, -0.15) is 4.98 Å². The van der Waals surface area contributed by atoms with Gasteiger partial charge in [-0.3, -0.25) is 0 Å². The lowest BCUT2D eigenvalue weighted by molar-refractivity contribution is 0.120. The van der Waals surface area contributed by atoms with Gasteiger partial charge in [-0.1, -0.05) is 0 Å². The molecule has 0 saturated carbocycles. The average molecular weight is 418 g/mol. The summed E-state index contributed by atoms with van der Waals surface area (Å²) in [4.78, 5) is 6.05. The van der Waals surface area contributed by atoms with E-state index in [9.17, 15) is 12.8 Å². The standard InChI is InChI=1S/C20H19FN2O5S/c1-26-16-6-2-14(3-7-16)18-22-19(20(28-18)23-10-12-27-13-11-23)29(24,25)17-8-4-15(21)5-9-17/h2-9H,10-13H2,1H3. The van der Waals surface area contributed by atoms with Gasteiger partial charge >= 0.3 is 0 Å². The Kier molecular flexibility index (Phi) is 5.25. The molecule has 0 atom stereocenters. The van der Waals surface area contributed by atoms with E-state index in [-0.39, 0.29) is 21.7 Å². The fourth-order valence-corrected chi connectivity index (χ4v) is 4.34. The Morgan fingerprint density at radius 1 is 1.03 bits per heavy atom. The van der Waals surface area contributed by atoms with Gasteiger partial charge in [0.15, 0.2) is 0 Å². The number of morpholine rings is 1. The van der Waals surface area contributed by atoms with E-state index in [1.54, 1.807) is 36.3 Å². The monoisotopic (exact) mass is 418 g/mol. The molecule has 9 heteroatoms. The highest BCUT2D eigenvalue weighted by Crippen LogP contribution is 2.35. The molecule has 0 bridgehead atoms. The molecule has 0 amide bonds. The highest BCUT2D eigenvalue weighted by atomic mass is 32.2. The van der Waals surface area contributed by atoms with Gasteiger partial charge in [0.1, 0.15) is 11.6 Å². The topological polar surface area (TPSA) is 81.9 Å². The molecule has 0 N–H and O–H groups in total. The van der Waals surface area contributed by atoms with Crippen molar-refractivity contribution in [2.24, 2.45) is 0 Å². The fourth-order valence-electron chi connectivity index (χ4n) is 3.02. The van der Waals surface area contributed by atoms with Crippen LogP contribution in [-0.4, -0.2) is 46.8 Å². The van der Waals surface area contributed by atoms with E-state index in [0.717, 1.165) is 12.1 Å². The zero-order valence-electron chi connectivity index (χ0n) is 15.7.